The van der Waals surface area contributed by atoms with E-state index in [1.165, 1.54) is 12.1 Å². The molecule has 0 aliphatic rings. The third-order valence-corrected chi connectivity index (χ3v) is 5.63. The molecule has 4 nitrogen and oxygen atoms in total. The standard InChI is InChI=1S/C25H18Cl2F2N2O2/c26-18-8-9-25(33-15-16-4-1-2-5-20(16)27)17(12-18)14-31-11-10-23(30-31)24(32)13-19-21(28)6-3-7-22(19)29/h1-12H,13-15H2. The Morgan fingerprint density at radius 3 is 2.45 bits per heavy atom. The van der Waals surface area contributed by atoms with Crippen molar-refractivity contribution in [2.24, 2.45) is 0 Å². The Bertz CT molecular complexity index is 1290. The molecule has 0 atom stereocenters. The van der Waals surface area contributed by atoms with Crippen molar-refractivity contribution in [1.29, 1.82) is 0 Å². The van der Waals surface area contributed by atoms with E-state index in [0.717, 1.165) is 23.3 Å². The average molecular weight is 487 g/mol. The lowest BCUT2D eigenvalue weighted by atomic mass is 10.1. The van der Waals surface area contributed by atoms with Gasteiger partial charge in [-0.1, -0.05) is 47.5 Å². The summed E-state index contributed by atoms with van der Waals surface area (Å²) in [5.74, 6) is -1.42. The maximum absolute atomic E-state index is 13.9. The fraction of sp³-hybridized carbons (Fsp3) is 0.120. The summed E-state index contributed by atoms with van der Waals surface area (Å²) in [4.78, 5) is 12.5. The van der Waals surface area contributed by atoms with Crippen LogP contribution in [-0.4, -0.2) is 15.6 Å². The topological polar surface area (TPSA) is 44.1 Å². The van der Waals surface area contributed by atoms with Crippen LogP contribution >= 0.6 is 23.2 Å². The molecular formula is C25H18Cl2F2N2O2. The average Bonchev–Trinajstić information content (AvgIpc) is 3.25. The maximum Gasteiger partial charge on any atom is 0.187 e. The van der Waals surface area contributed by atoms with E-state index in [4.69, 9.17) is 27.9 Å². The third-order valence-electron chi connectivity index (χ3n) is 5.02. The van der Waals surface area contributed by atoms with Crippen molar-refractivity contribution in [2.45, 2.75) is 19.6 Å². The van der Waals surface area contributed by atoms with E-state index in [9.17, 15) is 13.6 Å². The van der Waals surface area contributed by atoms with Gasteiger partial charge in [0.2, 0.25) is 0 Å². The number of Topliss-reactive ketones (excluding diaryl/α,β-unsaturated/α-hetero) is 1. The van der Waals surface area contributed by atoms with Gasteiger partial charge in [0, 0.05) is 39.4 Å². The number of aromatic nitrogens is 2. The second-order valence-corrected chi connectivity index (χ2v) is 8.17. The normalized spacial score (nSPS) is 10.9. The minimum Gasteiger partial charge on any atom is -0.488 e. The van der Waals surface area contributed by atoms with Crippen molar-refractivity contribution in [2.75, 3.05) is 0 Å². The minimum absolute atomic E-state index is 0.109. The monoisotopic (exact) mass is 486 g/mol. The lowest BCUT2D eigenvalue weighted by molar-refractivity contribution is 0.0985. The lowest BCUT2D eigenvalue weighted by Crippen LogP contribution is -2.10. The molecule has 168 valence electrons. The summed E-state index contributed by atoms with van der Waals surface area (Å²) in [5, 5.41) is 5.39. The Hall–Kier alpha value is -3.22. The number of ether oxygens (including phenoxy) is 1. The van der Waals surface area contributed by atoms with Crippen molar-refractivity contribution in [1.82, 2.24) is 9.78 Å². The highest BCUT2D eigenvalue weighted by molar-refractivity contribution is 6.31. The van der Waals surface area contributed by atoms with Gasteiger partial charge in [-0.15, -0.1) is 0 Å². The highest BCUT2D eigenvalue weighted by Crippen LogP contribution is 2.26. The molecule has 0 saturated carbocycles. The summed E-state index contributed by atoms with van der Waals surface area (Å²) in [6.07, 6.45) is 1.20. The van der Waals surface area contributed by atoms with Gasteiger partial charge in [-0.05, 0) is 42.5 Å². The summed E-state index contributed by atoms with van der Waals surface area (Å²) in [6, 6.07) is 17.6. The van der Waals surface area contributed by atoms with Crippen LogP contribution in [-0.2, 0) is 19.6 Å². The van der Waals surface area contributed by atoms with Crippen molar-refractivity contribution < 1.29 is 18.3 Å². The van der Waals surface area contributed by atoms with Crippen LogP contribution in [0.3, 0.4) is 0 Å². The van der Waals surface area contributed by atoms with Crippen LogP contribution in [0.2, 0.25) is 10.0 Å². The highest BCUT2D eigenvalue weighted by Gasteiger charge is 2.17. The molecule has 4 rings (SSSR count). The first-order valence-corrected chi connectivity index (χ1v) is 10.8. The summed E-state index contributed by atoms with van der Waals surface area (Å²) < 4.78 is 35.2. The zero-order valence-corrected chi connectivity index (χ0v) is 18.8. The molecule has 0 saturated heterocycles. The molecule has 0 N–H and O–H groups in total. The molecule has 0 aliphatic carbocycles. The van der Waals surface area contributed by atoms with E-state index in [1.807, 2.05) is 18.2 Å². The van der Waals surface area contributed by atoms with E-state index in [-0.39, 0.29) is 24.4 Å². The summed E-state index contributed by atoms with van der Waals surface area (Å²) in [7, 11) is 0. The molecule has 8 heteroatoms. The van der Waals surface area contributed by atoms with Crippen molar-refractivity contribution in [3.8, 4) is 5.75 Å². The molecule has 33 heavy (non-hydrogen) atoms. The van der Waals surface area contributed by atoms with Crippen LogP contribution in [0.1, 0.15) is 27.2 Å². The molecule has 1 aromatic heterocycles. The molecule has 4 aromatic rings. The van der Waals surface area contributed by atoms with Crippen LogP contribution in [0.5, 0.6) is 5.75 Å². The quantitative estimate of drug-likeness (QED) is 0.266. The summed E-state index contributed by atoms with van der Waals surface area (Å²) in [6.45, 7) is 0.547. The van der Waals surface area contributed by atoms with Crippen LogP contribution < -0.4 is 4.74 Å². The number of ketones is 1. The second kappa shape index (κ2) is 10.1. The van der Waals surface area contributed by atoms with Crippen LogP contribution in [0.4, 0.5) is 8.78 Å². The van der Waals surface area contributed by atoms with Gasteiger partial charge < -0.3 is 4.74 Å². The SMILES string of the molecule is O=C(Cc1c(F)cccc1F)c1ccn(Cc2cc(Cl)ccc2OCc2ccccc2Cl)n1. The molecule has 0 amide bonds. The van der Waals surface area contributed by atoms with Gasteiger partial charge in [-0.3, -0.25) is 9.48 Å². The fourth-order valence-corrected chi connectivity index (χ4v) is 3.69. The zero-order chi connectivity index (χ0) is 23.4. The number of rotatable bonds is 8. The zero-order valence-electron chi connectivity index (χ0n) is 17.3. The first-order valence-electron chi connectivity index (χ1n) is 10.0. The van der Waals surface area contributed by atoms with Crippen molar-refractivity contribution in [3.05, 3.63) is 117 Å². The summed E-state index contributed by atoms with van der Waals surface area (Å²) in [5.41, 5.74) is 1.42. The number of nitrogens with zero attached hydrogens (tertiary/aromatic N) is 2. The molecule has 0 aliphatic heterocycles. The summed E-state index contributed by atoms with van der Waals surface area (Å²) >= 11 is 12.4. The number of halogens is 4. The molecular weight excluding hydrogens is 469 g/mol. The van der Waals surface area contributed by atoms with Gasteiger partial charge in [0.05, 0.1) is 6.54 Å². The van der Waals surface area contributed by atoms with Gasteiger partial charge in [0.25, 0.3) is 0 Å². The Labute approximate surface area is 199 Å². The minimum atomic E-state index is -0.762. The Kier molecular flexibility index (Phi) is 7.06. The largest absolute Gasteiger partial charge is 0.488 e. The first kappa shape index (κ1) is 23.0. The second-order valence-electron chi connectivity index (χ2n) is 7.33. The van der Waals surface area contributed by atoms with Gasteiger partial charge in [0.1, 0.15) is 29.7 Å². The smallest absolute Gasteiger partial charge is 0.187 e. The number of benzene rings is 3. The van der Waals surface area contributed by atoms with Crippen molar-refractivity contribution >= 4 is 29.0 Å². The molecule has 0 radical (unpaired) electrons. The predicted molar refractivity (Wildman–Crippen MR) is 123 cm³/mol. The molecule has 0 unspecified atom stereocenters. The van der Waals surface area contributed by atoms with Gasteiger partial charge in [-0.2, -0.15) is 5.10 Å². The predicted octanol–water partition coefficient (Wildman–Crippen LogP) is 6.52. The van der Waals surface area contributed by atoms with Gasteiger partial charge in [0.15, 0.2) is 5.78 Å². The van der Waals surface area contributed by atoms with Gasteiger partial charge >= 0.3 is 0 Å². The van der Waals surface area contributed by atoms with Crippen LogP contribution in [0.15, 0.2) is 72.9 Å². The van der Waals surface area contributed by atoms with E-state index >= 15 is 0 Å². The van der Waals surface area contributed by atoms with E-state index in [1.54, 1.807) is 35.1 Å². The lowest BCUT2D eigenvalue weighted by Gasteiger charge is -2.13. The Morgan fingerprint density at radius 2 is 1.70 bits per heavy atom. The van der Waals surface area contributed by atoms with Crippen molar-refractivity contribution in [3.63, 3.8) is 0 Å². The first-order chi connectivity index (χ1) is 15.9. The number of carbonyl (C=O) groups is 1. The highest BCUT2D eigenvalue weighted by atomic mass is 35.5. The molecule has 0 bridgehead atoms. The number of carbonyl (C=O) groups excluding carboxylic acids is 1. The van der Waals surface area contributed by atoms with E-state index in [2.05, 4.69) is 5.10 Å². The molecule has 0 spiro atoms. The molecule has 1 heterocycles. The molecule has 3 aromatic carbocycles. The maximum atomic E-state index is 13.9. The van der Waals surface area contributed by atoms with Crippen LogP contribution in [0.25, 0.3) is 0 Å². The number of hydrogen-bond donors (Lipinski definition) is 0. The molecule has 0 fully saturated rings. The number of hydrogen-bond acceptors (Lipinski definition) is 3. The Balaban J connectivity index is 1.49. The third kappa shape index (κ3) is 5.59. The Morgan fingerprint density at radius 1 is 0.939 bits per heavy atom. The van der Waals surface area contributed by atoms with E-state index in [0.29, 0.717) is 15.8 Å². The van der Waals surface area contributed by atoms with Gasteiger partial charge in [-0.25, -0.2) is 8.78 Å². The van der Waals surface area contributed by atoms with Crippen LogP contribution in [0, 0.1) is 11.6 Å². The fourth-order valence-electron chi connectivity index (χ4n) is 3.31. The van der Waals surface area contributed by atoms with E-state index < -0.39 is 23.8 Å².